The van der Waals surface area contributed by atoms with Crippen molar-refractivity contribution in [3.05, 3.63) is 11.8 Å². The van der Waals surface area contributed by atoms with Crippen molar-refractivity contribution >= 4 is 11.8 Å². The number of nitrogens with zero attached hydrogens (tertiary/aromatic N) is 4. The van der Waals surface area contributed by atoms with Crippen molar-refractivity contribution in [3.8, 4) is 0 Å². The molecule has 1 aromatic rings. The Hall–Kier alpha value is -1.36. The van der Waals surface area contributed by atoms with Crippen LogP contribution in [0.3, 0.4) is 0 Å². The molecule has 5 nitrogen and oxygen atoms in total. The Morgan fingerprint density at radius 2 is 1.92 bits per heavy atom. The molecule has 0 unspecified atom stereocenters. The molecule has 1 N–H and O–H groups in total. The van der Waals surface area contributed by atoms with Crippen molar-refractivity contribution in [2.75, 3.05) is 36.0 Å². The van der Waals surface area contributed by atoms with Gasteiger partial charge in [0.2, 0.25) is 5.95 Å². The molecule has 1 saturated carbocycles. The second kappa shape index (κ2) is 6.75. The van der Waals surface area contributed by atoms with Gasteiger partial charge in [0.05, 0.1) is 5.60 Å². The summed E-state index contributed by atoms with van der Waals surface area (Å²) < 4.78 is 0. The van der Waals surface area contributed by atoms with Gasteiger partial charge in [-0.15, -0.1) is 0 Å². The summed E-state index contributed by atoms with van der Waals surface area (Å²) in [6.45, 7) is 8.43. The van der Waals surface area contributed by atoms with E-state index in [9.17, 15) is 5.11 Å². The Labute approximate surface area is 151 Å². The molecule has 3 heterocycles. The minimum atomic E-state index is -0.476. The molecule has 2 aliphatic heterocycles. The van der Waals surface area contributed by atoms with E-state index in [2.05, 4.69) is 29.7 Å². The maximum atomic E-state index is 11.1. The first-order valence-corrected chi connectivity index (χ1v) is 10.2. The molecule has 1 aliphatic carbocycles. The molecular formula is C20H32N4O. The predicted molar refractivity (Wildman–Crippen MR) is 101 cm³/mol. The third-order valence-corrected chi connectivity index (χ3v) is 6.76. The third-order valence-electron chi connectivity index (χ3n) is 6.76. The lowest BCUT2D eigenvalue weighted by Gasteiger charge is -2.40. The van der Waals surface area contributed by atoms with E-state index in [0.29, 0.717) is 11.8 Å². The number of aliphatic hydroxyl groups is 1. The van der Waals surface area contributed by atoms with Crippen molar-refractivity contribution < 1.29 is 5.11 Å². The van der Waals surface area contributed by atoms with Crippen LogP contribution in [0.15, 0.2) is 6.07 Å². The summed E-state index contributed by atoms with van der Waals surface area (Å²) in [4.78, 5) is 14.5. The maximum absolute atomic E-state index is 11.1. The molecule has 25 heavy (non-hydrogen) atoms. The lowest BCUT2D eigenvalue weighted by molar-refractivity contribution is -0.0597. The van der Waals surface area contributed by atoms with E-state index >= 15 is 0 Å². The normalized spacial score (nSPS) is 32.3. The molecule has 138 valence electrons. The van der Waals surface area contributed by atoms with E-state index in [1.54, 1.807) is 0 Å². The van der Waals surface area contributed by atoms with Crippen LogP contribution in [0.5, 0.6) is 0 Å². The molecule has 0 spiro atoms. The summed E-state index contributed by atoms with van der Waals surface area (Å²) in [5.41, 5.74) is 0.656. The van der Waals surface area contributed by atoms with Gasteiger partial charge in [-0.25, -0.2) is 4.98 Å². The van der Waals surface area contributed by atoms with E-state index in [1.165, 1.54) is 19.3 Å². The van der Waals surface area contributed by atoms with Crippen LogP contribution in [0.4, 0.5) is 11.8 Å². The van der Waals surface area contributed by atoms with Crippen LogP contribution in [0.2, 0.25) is 0 Å². The first-order valence-electron chi connectivity index (χ1n) is 10.2. The molecule has 3 fully saturated rings. The van der Waals surface area contributed by atoms with E-state index in [-0.39, 0.29) is 0 Å². The van der Waals surface area contributed by atoms with Crippen LogP contribution in [0.1, 0.15) is 58.1 Å². The highest BCUT2D eigenvalue weighted by Gasteiger charge is 2.48. The molecule has 0 radical (unpaired) electrons. The maximum Gasteiger partial charge on any atom is 0.227 e. The Morgan fingerprint density at radius 1 is 1.12 bits per heavy atom. The molecule has 0 aromatic carbocycles. The zero-order chi connectivity index (χ0) is 17.4. The minimum Gasteiger partial charge on any atom is -0.390 e. The van der Waals surface area contributed by atoms with Crippen LogP contribution in [-0.4, -0.2) is 46.9 Å². The van der Waals surface area contributed by atoms with Gasteiger partial charge in [0, 0.05) is 43.9 Å². The highest BCUT2D eigenvalue weighted by Crippen LogP contribution is 2.45. The van der Waals surface area contributed by atoms with Crippen molar-refractivity contribution in [1.29, 1.82) is 0 Å². The zero-order valence-electron chi connectivity index (χ0n) is 15.7. The largest absolute Gasteiger partial charge is 0.390 e. The Bertz CT molecular complexity index is 616. The van der Waals surface area contributed by atoms with Crippen LogP contribution in [0, 0.1) is 11.8 Å². The van der Waals surface area contributed by atoms with Crippen LogP contribution in [-0.2, 0) is 6.42 Å². The molecule has 0 bridgehead atoms. The summed E-state index contributed by atoms with van der Waals surface area (Å²) in [7, 11) is 0. The molecule has 4 rings (SSSR count). The number of hydrogen-bond acceptors (Lipinski definition) is 5. The highest BCUT2D eigenvalue weighted by atomic mass is 16.3. The second-order valence-electron chi connectivity index (χ2n) is 8.19. The predicted octanol–water partition coefficient (Wildman–Crippen LogP) is 3.02. The Kier molecular flexibility index (Phi) is 4.61. The Morgan fingerprint density at radius 3 is 2.64 bits per heavy atom. The van der Waals surface area contributed by atoms with Gasteiger partial charge < -0.3 is 14.9 Å². The average Bonchev–Trinajstić information content (AvgIpc) is 3.32. The van der Waals surface area contributed by atoms with Crippen molar-refractivity contribution in [2.45, 2.75) is 64.4 Å². The van der Waals surface area contributed by atoms with Gasteiger partial charge in [-0.1, -0.05) is 20.3 Å². The fourth-order valence-corrected chi connectivity index (χ4v) is 5.13. The fraction of sp³-hybridized carbons (Fsp3) is 0.800. The minimum absolute atomic E-state index is 0.390. The number of rotatable bonds is 4. The smallest absolute Gasteiger partial charge is 0.227 e. The van der Waals surface area contributed by atoms with E-state index < -0.39 is 5.60 Å². The molecule has 3 atom stereocenters. The molecular weight excluding hydrogens is 312 g/mol. The van der Waals surface area contributed by atoms with E-state index in [1.807, 2.05) is 0 Å². The number of hydrogen-bond donors (Lipinski definition) is 1. The average molecular weight is 345 g/mol. The fourth-order valence-electron chi connectivity index (χ4n) is 5.13. The third kappa shape index (κ3) is 3.12. The van der Waals surface area contributed by atoms with Crippen LogP contribution < -0.4 is 9.80 Å². The number of anilines is 2. The second-order valence-corrected chi connectivity index (χ2v) is 8.19. The number of aryl methyl sites for hydroxylation is 1. The Balaban J connectivity index is 1.60. The van der Waals surface area contributed by atoms with Crippen molar-refractivity contribution in [2.24, 2.45) is 11.8 Å². The van der Waals surface area contributed by atoms with Crippen molar-refractivity contribution in [1.82, 2.24) is 9.97 Å². The quantitative estimate of drug-likeness (QED) is 0.910. The van der Waals surface area contributed by atoms with Crippen molar-refractivity contribution in [3.63, 3.8) is 0 Å². The van der Waals surface area contributed by atoms with Gasteiger partial charge >= 0.3 is 0 Å². The van der Waals surface area contributed by atoms with Gasteiger partial charge in [0.1, 0.15) is 5.82 Å². The van der Waals surface area contributed by atoms with Gasteiger partial charge in [-0.05, 0) is 44.4 Å². The zero-order valence-corrected chi connectivity index (χ0v) is 15.7. The molecule has 2 saturated heterocycles. The molecule has 5 heteroatoms. The summed E-state index contributed by atoms with van der Waals surface area (Å²) in [5.74, 6) is 2.98. The lowest BCUT2D eigenvalue weighted by atomic mass is 9.69. The molecule has 3 aliphatic rings. The summed E-state index contributed by atoms with van der Waals surface area (Å²) in [5, 5.41) is 11.1. The first-order chi connectivity index (χ1) is 12.1. The monoisotopic (exact) mass is 344 g/mol. The summed E-state index contributed by atoms with van der Waals surface area (Å²) in [6, 6.07) is 2.17. The van der Waals surface area contributed by atoms with Gasteiger partial charge in [0.15, 0.2) is 0 Å². The highest BCUT2D eigenvalue weighted by molar-refractivity contribution is 5.48. The van der Waals surface area contributed by atoms with E-state index in [0.717, 1.165) is 69.3 Å². The SMILES string of the molecule is CCc1cc(N2C[C@H]3CCC[C@](O)(CC)[C@H]3C2)nc(N2CCCC2)n1. The first kappa shape index (κ1) is 17.1. The topological polar surface area (TPSA) is 52.5 Å². The van der Waals surface area contributed by atoms with Crippen LogP contribution in [0.25, 0.3) is 0 Å². The van der Waals surface area contributed by atoms with E-state index in [4.69, 9.17) is 9.97 Å². The van der Waals surface area contributed by atoms with Gasteiger partial charge in [0.25, 0.3) is 0 Å². The number of fused-ring (bicyclic) bond motifs is 1. The standard InChI is InChI=1S/C20H32N4O/c1-3-16-12-18(22-19(21-16)23-10-5-6-11-23)24-13-15-8-7-9-20(25,4-2)17(15)14-24/h12,15,17,25H,3-11,13-14H2,1-2H3/t15-,17+,20-/m1/s1. The number of aromatic nitrogens is 2. The lowest BCUT2D eigenvalue weighted by Crippen LogP contribution is -2.44. The molecule has 0 amide bonds. The van der Waals surface area contributed by atoms with Crippen LogP contribution >= 0.6 is 0 Å². The van der Waals surface area contributed by atoms with Gasteiger partial charge in [-0.2, -0.15) is 4.98 Å². The van der Waals surface area contributed by atoms with Gasteiger partial charge in [-0.3, -0.25) is 0 Å². The summed E-state index contributed by atoms with van der Waals surface area (Å²) >= 11 is 0. The molecule has 1 aromatic heterocycles. The summed E-state index contributed by atoms with van der Waals surface area (Å²) in [6.07, 6.45) is 7.65.